The predicted octanol–water partition coefficient (Wildman–Crippen LogP) is 0.983. The lowest BCUT2D eigenvalue weighted by atomic mass is 10.1. The largest absolute Gasteiger partial charge is 0.508 e. The molecule has 1 unspecified atom stereocenters. The van der Waals surface area contributed by atoms with Crippen molar-refractivity contribution in [3.8, 4) is 5.75 Å². The van der Waals surface area contributed by atoms with Gasteiger partial charge in [0.05, 0.1) is 0 Å². The lowest BCUT2D eigenvalue weighted by Crippen LogP contribution is -2.51. The van der Waals surface area contributed by atoms with Crippen molar-refractivity contribution < 1.29 is 15.0 Å². The molecule has 5 nitrogen and oxygen atoms in total. The first kappa shape index (κ1) is 13.8. The summed E-state index contributed by atoms with van der Waals surface area (Å²) in [5.41, 5.74) is 1.16. The minimum atomic E-state index is -0.757. The summed E-state index contributed by atoms with van der Waals surface area (Å²) in [6, 6.07) is 6.81. The third-order valence-corrected chi connectivity index (χ3v) is 3.65. The quantitative estimate of drug-likeness (QED) is 0.849. The number of phenols is 1. The van der Waals surface area contributed by atoms with Gasteiger partial charge in [-0.05, 0) is 24.6 Å². The van der Waals surface area contributed by atoms with E-state index in [1.54, 1.807) is 19.1 Å². The molecule has 1 fully saturated rings. The smallest absolute Gasteiger partial charge is 0.320 e. The average Bonchev–Trinajstić information content (AvgIpc) is 2.41. The van der Waals surface area contributed by atoms with Crippen molar-refractivity contribution in [3.05, 3.63) is 29.8 Å². The molecule has 1 aliphatic heterocycles. The third-order valence-electron chi connectivity index (χ3n) is 3.65. The highest BCUT2D eigenvalue weighted by Gasteiger charge is 2.24. The SMILES string of the molecule is CC(C(=O)O)N1CCN(Cc2ccc(O)cc2)CC1. The van der Waals surface area contributed by atoms with Gasteiger partial charge in [-0.3, -0.25) is 14.6 Å². The summed E-state index contributed by atoms with van der Waals surface area (Å²) in [5.74, 6) is -0.476. The van der Waals surface area contributed by atoms with Gasteiger partial charge >= 0.3 is 5.97 Å². The van der Waals surface area contributed by atoms with E-state index in [0.29, 0.717) is 0 Å². The molecule has 1 saturated heterocycles. The number of nitrogens with zero attached hydrogens (tertiary/aromatic N) is 2. The Morgan fingerprint density at radius 2 is 1.79 bits per heavy atom. The minimum absolute atomic E-state index is 0.281. The van der Waals surface area contributed by atoms with E-state index >= 15 is 0 Å². The Labute approximate surface area is 113 Å². The van der Waals surface area contributed by atoms with Gasteiger partial charge in [0.1, 0.15) is 11.8 Å². The summed E-state index contributed by atoms with van der Waals surface area (Å²) in [4.78, 5) is 15.2. The molecular weight excluding hydrogens is 244 g/mol. The Morgan fingerprint density at radius 3 is 2.32 bits per heavy atom. The van der Waals surface area contributed by atoms with Crippen LogP contribution in [0.25, 0.3) is 0 Å². The van der Waals surface area contributed by atoms with Crippen molar-refractivity contribution in [3.63, 3.8) is 0 Å². The van der Waals surface area contributed by atoms with E-state index in [1.165, 1.54) is 0 Å². The van der Waals surface area contributed by atoms with Gasteiger partial charge in [0.2, 0.25) is 0 Å². The van der Waals surface area contributed by atoms with Crippen molar-refractivity contribution >= 4 is 5.97 Å². The fraction of sp³-hybridized carbons (Fsp3) is 0.500. The van der Waals surface area contributed by atoms with Crippen LogP contribution in [0.3, 0.4) is 0 Å². The fourth-order valence-corrected chi connectivity index (χ4v) is 2.32. The molecule has 0 aliphatic carbocycles. The molecule has 1 aromatic rings. The molecule has 1 aromatic carbocycles. The second-order valence-corrected chi connectivity index (χ2v) is 4.99. The van der Waals surface area contributed by atoms with E-state index in [-0.39, 0.29) is 5.75 Å². The van der Waals surface area contributed by atoms with Crippen LogP contribution in [-0.4, -0.2) is 58.2 Å². The van der Waals surface area contributed by atoms with Gasteiger partial charge in [0, 0.05) is 32.7 Å². The van der Waals surface area contributed by atoms with Crippen molar-refractivity contribution in [1.29, 1.82) is 0 Å². The number of carboxylic acid groups (broad SMARTS) is 1. The van der Waals surface area contributed by atoms with E-state index in [4.69, 9.17) is 5.11 Å². The molecule has 0 bridgehead atoms. The van der Waals surface area contributed by atoms with Crippen molar-refractivity contribution in [2.45, 2.75) is 19.5 Å². The van der Waals surface area contributed by atoms with Crippen LogP contribution >= 0.6 is 0 Å². The van der Waals surface area contributed by atoms with Crippen LogP contribution in [0.15, 0.2) is 24.3 Å². The molecule has 0 spiro atoms. The summed E-state index contributed by atoms with van der Waals surface area (Å²) < 4.78 is 0. The van der Waals surface area contributed by atoms with Crippen LogP contribution in [0, 0.1) is 0 Å². The van der Waals surface area contributed by atoms with E-state index < -0.39 is 12.0 Å². The molecule has 2 N–H and O–H groups in total. The Balaban J connectivity index is 1.83. The number of rotatable bonds is 4. The van der Waals surface area contributed by atoms with Gasteiger partial charge < -0.3 is 10.2 Å². The normalized spacial score (nSPS) is 19.2. The molecule has 2 rings (SSSR count). The van der Waals surface area contributed by atoms with Crippen molar-refractivity contribution in [1.82, 2.24) is 9.80 Å². The number of aromatic hydroxyl groups is 1. The molecule has 1 heterocycles. The van der Waals surface area contributed by atoms with Crippen LogP contribution < -0.4 is 0 Å². The number of piperazine rings is 1. The zero-order valence-electron chi connectivity index (χ0n) is 11.1. The summed E-state index contributed by atoms with van der Waals surface area (Å²) in [5, 5.41) is 18.2. The minimum Gasteiger partial charge on any atom is -0.508 e. The zero-order chi connectivity index (χ0) is 13.8. The summed E-state index contributed by atoms with van der Waals surface area (Å²) in [6.07, 6.45) is 0. The first-order valence-electron chi connectivity index (χ1n) is 6.53. The molecule has 5 heteroatoms. The number of benzene rings is 1. The highest BCUT2D eigenvalue weighted by atomic mass is 16.4. The second-order valence-electron chi connectivity index (χ2n) is 4.99. The number of carbonyl (C=O) groups is 1. The maximum Gasteiger partial charge on any atom is 0.320 e. The first-order valence-corrected chi connectivity index (χ1v) is 6.53. The topological polar surface area (TPSA) is 64.0 Å². The molecule has 0 aromatic heterocycles. The standard InChI is InChI=1S/C14H20N2O3/c1-11(14(18)19)16-8-6-15(7-9-16)10-12-2-4-13(17)5-3-12/h2-5,11,17H,6-10H2,1H3,(H,18,19). The highest BCUT2D eigenvalue weighted by Crippen LogP contribution is 2.13. The van der Waals surface area contributed by atoms with Gasteiger partial charge in [-0.25, -0.2) is 0 Å². The summed E-state index contributed by atoms with van der Waals surface area (Å²) in [6.45, 7) is 5.89. The molecular formula is C14H20N2O3. The van der Waals surface area contributed by atoms with Crippen LogP contribution in [0.4, 0.5) is 0 Å². The monoisotopic (exact) mass is 264 g/mol. The van der Waals surface area contributed by atoms with E-state index in [0.717, 1.165) is 38.3 Å². The maximum absolute atomic E-state index is 10.9. The lowest BCUT2D eigenvalue weighted by Gasteiger charge is -2.36. The maximum atomic E-state index is 10.9. The zero-order valence-corrected chi connectivity index (χ0v) is 11.1. The Hall–Kier alpha value is -1.59. The Morgan fingerprint density at radius 1 is 1.21 bits per heavy atom. The highest BCUT2D eigenvalue weighted by molar-refractivity contribution is 5.72. The molecule has 0 amide bonds. The first-order chi connectivity index (χ1) is 9.06. The fourth-order valence-electron chi connectivity index (χ4n) is 2.32. The number of carboxylic acids is 1. The van der Waals surface area contributed by atoms with Crippen LogP contribution in [0.1, 0.15) is 12.5 Å². The molecule has 0 radical (unpaired) electrons. The Bertz CT molecular complexity index is 425. The summed E-state index contributed by atoms with van der Waals surface area (Å²) in [7, 11) is 0. The lowest BCUT2D eigenvalue weighted by molar-refractivity contribution is -0.143. The van der Waals surface area contributed by atoms with Crippen LogP contribution in [-0.2, 0) is 11.3 Å². The molecule has 19 heavy (non-hydrogen) atoms. The summed E-state index contributed by atoms with van der Waals surface area (Å²) >= 11 is 0. The van der Waals surface area contributed by atoms with E-state index in [2.05, 4.69) is 4.90 Å². The van der Waals surface area contributed by atoms with Gasteiger partial charge in [-0.15, -0.1) is 0 Å². The average molecular weight is 264 g/mol. The van der Waals surface area contributed by atoms with Crippen LogP contribution in [0.5, 0.6) is 5.75 Å². The van der Waals surface area contributed by atoms with Crippen LogP contribution in [0.2, 0.25) is 0 Å². The molecule has 1 atom stereocenters. The van der Waals surface area contributed by atoms with E-state index in [9.17, 15) is 9.90 Å². The van der Waals surface area contributed by atoms with Gasteiger partial charge in [0.15, 0.2) is 0 Å². The van der Waals surface area contributed by atoms with Gasteiger partial charge in [-0.1, -0.05) is 12.1 Å². The number of aliphatic carboxylic acids is 1. The third kappa shape index (κ3) is 3.68. The Kier molecular flexibility index (Phi) is 4.39. The molecule has 0 saturated carbocycles. The predicted molar refractivity (Wildman–Crippen MR) is 72.1 cm³/mol. The number of hydrogen-bond donors (Lipinski definition) is 2. The van der Waals surface area contributed by atoms with Crippen molar-refractivity contribution in [2.24, 2.45) is 0 Å². The van der Waals surface area contributed by atoms with Gasteiger partial charge in [0.25, 0.3) is 0 Å². The van der Waals surface area contributed by atoms with E-state index in [1.807, 2.05) is 17.0 Å². The molecule has 104 valence electrons. The van der Waals surface area contributed by atoms with Gasteiger partial charge in [-0.2, -0.15) is 0 Å². The second kappa shape index (κ2) is 6.04. The van der Waals surface area contributed by atoms with Crippen molar-refractivity contribution in [2.75, 3.05) is 26.2 Å². The number of hydrogen-bond acceptors (Lipinski definition) is 4. The number of phenolic OH excluding ortho intramolecular Hbond substituents is 1. The molecule has 1 aliphatic rings.